The number of azo groups is 1. The van der Waals surface area contributed by atoms with E-state index in [2.05, 4.69) is 16.3 Å². The standard InChI is InChI=1S/C15H14N4/c1-19(2)15-9-7-14(8-10-15)18-17-13-5-3-12(11-16)4-6-13/h3-10H,1-2H3. The lowest BCUT2D eigenvalue weighted by Gasteiger charge is -2.11. The first-order valence-electron chi connectivity index (χ1n) is 5.88. The summed E-state index contributed by atoms with van der Waals surface area (Å²) >= 11 is 0. The van der Waals surface area contributed by atoms with E-state index < -0.39 is 0 Å². The Labute approximate surface area is 112 Å². The van der Waals surface area contributed by atoms with Crippen molar-refractivity contribution in [3.63, 3.8) is 0 Å². The van der Waals surface area contributed by atoms with Gasteiger partial charge in [0.2, 0.25) is 0 Å². The number of nitrogens with zero attached hydrogens (tertiary/aromatic N) is 4. The fourth-order valence-electron chi connectivity index (χ4n) is 1.54. The summed E-state index contributed by atoms with van der Waals surface area (Å²) in [4.78, 5) is 2.03. The lowest BCUT2D eigenvalue weighted by atomic mass is 10.2. The molecule has 0 N–H and O–H groups in total. The minimum absolute atomic E-state index is 0.620. The van der Waals surface area contributed by atoms with Crippen molar-refractivity contribution in [2.24, 2.45) is 10.2 Å². The topological polar surface area (TPSA) is 51.8 Å². The van der Waals surface area contributed by atoms with Gasteiger partial charge in [0.05, 0.1) is 23.0 Å². The first-order chi connectivity index (χ1) is 9.19. The number of nitriles is 1. The summed E-state index contributed by atoms with van der Waals surface area (Å²) in [7, 11) is 3.99. The molecule has 0 unspecified atom stereocenters. The summed E-state index contributed by atoms with van der Waals surface area (Å²) in [5.74, 6) is 0. The zero-order valence-electron chi connectivity index (χ0n) is 10.9. The number of hydrogen-bond donors (Lipinski definition) is 0. The Hall–Kier alpha value is -2.67. The van der Waals surface area contributed by atoms with E-state index in [1.165, 1.54) is 0 Å². The predicted octanol–water partition coefficient (Wildman–Crippen LogP) is 4.04. The van der Waals surface area contributed by atoms with Crippen LogP contribution in [0.4, 0.5) is 17.1 Å². The molecular weight excluding hydrogens is 236 g/mol. The molecule has 0 aliphatic rings. The molecule has 0 saturated carbocycles. The van der Waals surface area contributed by atoms with Crippen molar-refractivity contribution in [2.45, 2.75) is 0 Å². The number of rotatable bonds is 3. The first-order valence-corrected chi connectivity index (χ1v) is 5.88. The van der Waals surface area contributed by atoms with Gasteiger partial charge in [0.15, 0.2) is 0 Å². The Morgan fingerprint density at radius 1 is 0.842 bits per heavy atom. The number of anilines is 1. The van der Waals surface area contributed by atoms with Gasteiger partial charge in [0.1, 0.15) is 0 Å². The van der Waals surface area contributed by atoms with Crippen LogP contribution in [0.3, 0.4) is 0 Å². The molecule has 2 aromatic carbocycles. The molecule has 0 bridgehead atoms. The molecule has 0 atom stereocenters. The Bertz CT molecular complexity index is 604. The van der Waals surface area contributed by atoms with Gasteiger partial charge in [0, 0.05) is 19.8 Å². The first kappa shape index (κ1) is 12.8. The summed E-state index contributed by atoms with van der Waals surface area (Å²) in [6.07, 6.45) is 0. The van der Waals surface area contributed by atoms with E-state index in [1.54, 1.807) is 24.3 Å². The molecule has 0 amide bonds. The van der Waals surface area contributed by atoms with Gasteiger partial charge in [-0.2, -0.15) is 15.5 Å². The molecule has 2 aromatic rings. The van der Waals surface area contributed by atoms with Gasteiger partial charge < -0.3 is 4.90 Å². The molecule has 0 spiro atoms. The van der Waals surface area contributed by atoms with Crippen molar-refractivity contribution in [2.75, 3.05) is 19.0 Å². The van der Waals surface area contributed by atoms with Crippen molar-refractivity contribution in [3.05, 3.63) is 54.1 Å². The lowest BCUT2D eigenvalue weighted by molar-refractivity contribution is 1.13. The largest absolute Gasteiger partial charge is 0.378 e. The Morgan fingerprint density at radius 3 is 1.74 bits per heavy atom. The summed E-state index contributed by atoms with van der Waals surface area (Å²) in [6.45, 7) is 0. The second-order valence-electron chi connectivity index (χ2n) is 4.27. The van der Waals surface area contributed by atoms with Crippen LogP contribution in [0.5, 0.6) is 0 Å². The second kappa shape index (κ2) is 5.78. The number of hydrogen-bond acceptors (Lipinski definition) is 4. The average Bonchev–Trinajstić information content (AvgIpc) is 2.46. The van der Waals surface area contributed by atoms with Crippen LogP contribution in [-0.4, -0.2) is 14.1 Å². The maximum Gasteiger partial charge on any atom is 0.0991 e. The van der Waals surface area contributed by atoms with Crippen molar-refractivity contribution < 1.29 is 0 Å². The third-order valence-electron chi connectivity index (χ3n) is 2.64. The summed E-state index contributed by atoms with van der Waals surface area (Å²) in [5, 5.41) is 17.0. The third kappa shape index (κ3) is 3.39. The van der Waals surface area contributed by atoms with Gasteiger partial charge in [-0.05, 0) is 48.5 Å². The minimum Gasteiger partial charge on any atom is -0.378 e. The van der Waals surface area contributed by atoms with E-state index in [0.29, 0.717) is 5.56 Å². The average molecular weight is 250 g/mol. The normalized spacial score (nSPS) is 10.4. The molecule has 94 valence electrons. The smallest absolute Gasteiger partial charge is 0.0991 e. The van der Waals surface area contributed by atoms with E-state index in [0.717, 1.165) is 17.1 Å². The van der Waals surface area contributed by atoms with E-state index in [-0.39, 0.29) is 0 Å². The highest BCUT2D eigenvalue weighted by Crippen LogP contribution is 2.21. The van der Waals surface area contributed by atoms with Crippen LogP contribution in [0.25, 0.3) is 0 Å². The molecule has 2 rings (SSSR count). The maximum absolute atomic E-state index is 8.70. The van der Waals surface area contributed by atoms with Crippen LogP contribution in [0.15, 0.2) is 58.8 Å². The lowest BCUT2D eigenvalue weighted by Crippen LogP contribution is -2.07. The van der Waals surface area contributed by atoms with Crippen molar-refractivity contribution in [1.82, 2.24) is 0 Å². The zero-order chi connectivity index (χ0) is 13.7. The molecule has 0 aliphatic carbocycles. The highest BCUT2D eigenvalue weighted by atomic mass is 15.1. The molecular formula is C15H14N4. The van der Waals surface area contributed by atoms with Gasteiger partial charge in [-0.15, -0.1) is 0 Å². The quantitative estimate of drug-likeness (QED) is 0.772. The van der Waals surface area contributed by atoms with Crippen LogP contribution in [-0.2, 0) is 0 Å². The van der Waals surface area contributed by atoms with Crippen LogP contribution in [0.2, 0.25) is 0 Å². The van der Waals surface area contributed by atoms with Crippen LogP contribution >= 0.6 is 0 Å². The fourth-order valence-corrected chi connectivity index (χ4v) is 1.54. The third-order valence-corrected chi connectivity index (χ3v) is 2.64. The summed E-state index contributed by atoms with van der Waals surface area (Å²) in [5.41, 5.74) is 3.28. The van der Waals surface area contributed by atoms with Crippen molar-refractivity contribution in [1.29, 1.82) is 5.26 Å². The van der Waals surface area contributed by atoms with E-state index >= 15 is 0 Å². The van der Waals surface area contributed by atoms with Crippen LogP contribution in [0, 0.1) is 11.3 Å². The highest BCUT2D eigenvalue weighted by Gasteiger charge is 1.95. The summed E-state index contributed by atoms with van der Waals surface area (Å²) in [6, 6.07) is 16.9. The highest BCUT2D eigenvalue weighted by molar-refractivity contribution is 5.52. The van der Waals surface area contributed by atoms with Gasteiger partial charge in [0.25, 0.3) is 0 Å². The van der Waals surface area contributed by atoms with Crippen LogP contribution < -0.4 is 4.90 Å². The molecule has 0 heterocycles. The maximum atomic E-state index is 8.70. The van der Waals surface area contributed by atoms with Gasteiger partial charge in [-0.1, -0.05) is 0 Å². The summed E-state index contributed by atoms with van der Waals surface area (Å²) < 4.78 is 0. The molecule has 0 aliphatic heterocycles. The van der Waals surface area contributed by atoms with Crippen molar-refractivity contribution >= 4 is 17.1 Å². The molecule has 0 radical (unpaired) electrons. The SMILES string of the molecule is CN(C)c1ccc(N=Nc2ccc(C#N)cc2)cc1. The zero-order valence-corrected chi connectivity index (χ0v) is 10.9. The van der Waals surface area contributed by atoms with E-state index in [9.17, 15) is 0 Å². The molecule has 4 heteroatoms. The predicted molar refractivity (Wildman–Crippen MR) is 76.1 cm³/mol. The van der Waals surface area contributed by atoms with E-state index in [1.807, 2.05) is 43.3 Å². The van der Waals surface area contributed by atoms with Gasteiger partial charge in [-0.3, -0.25) is 0 Å². The molecule has 4 nitrogen and oxygen atoms in total. The molecule has 0 saturated heterocycles. The van der Waals surface area contributed by atoms with Crippen LogP contribution in [0.1, 0.15) is 5.56 Å². The Balaban J connectivity index is 2.11. The number of benzene rings is 2. The fraction of sp³-hybridized carbons (Fsp3) is 0.133. The molecule has 0 aromatic heterocycles. The van der Waals surface area contributed by atoms with Gasteiger partial charge in [-0.25, -0.2) is 0 Å². The molecule has 0 fully saturated rings. The second-order valence-corrected chi connectivity index (χ2v) is 4.27. The monoisotopic (exact) mass is 250 g/mol. The van der Waals surface area contributed by atoms with Crippen molar-refractivity contribution in [3.8, 4) is 6.07 Å². The van der Waals surface area contributed by atoms with Gasteiger partial charge >= 0.3 is 0 Å². The minimum atomic E-state index is 0.620. The van der Waals surface area contributed by atoms with E-state index in [4.69, 9.17) is 5.26 Å². The molecule has 19 heavy (non-hydrogen) atoms. The Morgan fingerprint density at radius 2 is 1.32 bits per heavy atom. The Kier molecular flexibility index (Phi) is 3.89.